The van der Waals surface area contributed by atoms with Gasteiger partial charge in [-0.1, -0.05) is 244 Å². The monoisotopic (exact) mass is 886 g/mol. The van der Waals surface area contributed by atoms with Gasteiger partial charge in [-0.15, -0.1) is 0 Å². The lowest BCUT2D eigenvalue weighted by Gasteiger charge is -2.20. The Morgan fingerprint density at radius 3 is 1.20 bits per heavy atom. The largest absolute Gasteiger partial charge is 0.472 e. The molecule has 0 aliphatic rings. The van der Waals surface area contributed by atoms with Gasteiger partial charge in [-0.3, -0.25) is 13.8 Å². The second-order valence-electron chi connectivity index (χ2n) is 18.1. The van der Waals surface area contributed by atoms with Crippen molar-refractivity contribution in [1.29, 1.82) is 0 Å². The van der Waals surface area contributed by atoms with Gasteiger partial charge in [-0.25, -0.2) is 4.57 Å². The molecule has 0 amide bonds. The molecule has 0 fully saturated rings. The zero-order valence-corrected chi connectivity index (χ0v) is 41.6. The summed E-state index contributed by atoms with van der Waals surface area (Å²) >= 11 is 0. The fourth-order valence-corrected chi connectivity index (χ4v) is 8.76. The third-order valence-electron chi connectivity index (χ3n) is 11.9. The molecular weight excluding hydrogens is 782 g/mol. The topological polar surface area (TPSA) is 117 Å². The Kier molecular flexibility index (Phi) is 49.6. The van der Waals surface area contributed by atoms with Crippen LogP contribution in [0.2, 0.25) is 0 Å². The Morgan fingerprint density at radius 1 is 0.475 bits per heavy atom. The number of nitrogens with two attached hydrogens (primary N) is 1. The summed E-state index contributed by atoms with van der Waals surface area (Å²) in [6, 6.07) is 0. The van der Waals surface area contributed by atoms with E-state index in [2.05, 4.69) is 26.0 Å². The summed E-state index contributed by atoms with van der Waals surface area (Å²) in [6.07, 6.45) is 56.8. The highest BCUT2D eigenvalue weighted by molar-refractivity contribution is 7.47. The maximum atomic E-state index is 12.7. The first-order chi connectivity index (χ1) is 29.9. The van der Waals surface area contributed by atoms with Crippen LogP contribution in [0, 0.1) is 0 Å². The summed E-state index contributed by atoms with van der Waals surface area (Å²) in [5, 5.41) is 0. The van der Waals surface area contributed by atoms with Gasteiger partial charge in [-0.05, 0) is 38.5 Å². The highest BCUT2D eigenvalue weighted by Gasteiger charge is 2.25. The molecular formula is C52H104NO7P. The van der Waals surface area contributed by atoms with Gasteiger partial charge in [0.05, 0.1) is 19.8 Å². The maximum absolute atomic E-state index is 12.7. The average Bonchev–Trinajstić information content (AvgIpc) is 3.25. The van der Waals surface area contributed by atoms with Gasteiger partial charge >= 0.3 is 13.8 Å². The van der Waals surface area contributed by atoms with Crippen LogP contribution >= 0.6 is 7.82 Å². The first-order valence-electron chi connectivity index (χ1n) is 26.7. The molecule has 0 aliphatic heterocycles. The van der Waals surface area contributed by atoms with Crippen molar-refractivity contribution in [1.82, 2.24) is 0 Å². The van der Waals surface area contributed by atoms with Crippen molar-refractivity contribution >= 4 is 13.8 Å². The number of hydrogen-bond donors (Lipinski definition) is 2. The first kappa shape index (κ1) is 60.2. The van der Waals surface area contributed by atoms with Crippen molar-refractivity contribution < 1.29 is 32.8 Å². The molecule has 0 radical (unpaired) electrons. The molecule has 2 unspecified atom stereocenters. The zero-order chi connectivity index (χ0) is 44.4. The molecule has 0 saturated heterocycles. The molecule has 0 saturated carbocycles. The SMILES string of the molecule is CCCCCCCCCC/C=C\CCCCCCCCCCCCCCCC(=O)OC(COCCCCCCCCCCCCCCCCCCC)COP(=O)(O)OCCN. The van der Waals surface area contributed by atoms with Crippen molar-refractivity contribution in [2.24, 2.45) is 5.73 Å². The number of phosphoric acid groups is 1. The van der Waals surface area contributed by atoms with Crippen LogP contribution < -0.4 is 5.73 Å². The van der Waals surface area contributed by atoms with E-state index >= 15 is 0 Å². The molecule has 8 nitrogen and oxygen atoms in total. The number of ether oxygens (including phenoxy) is 2. The Hall–Kier alpha value is -0.760. The molecule has 0 aromatic carbocycles. The summed E-state index contributed by atoms with van der Waals surface area (Å²) in [4.78, 5) is 22.6. The number of unbranched alkanes of at least 4 members (excludes halogenated alkanes) is 37. The lowest BCUT2D eigenvalue weighted by Crippen LogP contribution is -2.28. The number of rotatable bonds is 52. The van der Waals surface area contributed by atoms with Gasteiger partial charge in [0.1, 0.15) is 6.10 Å². The number of allylic oxidation sites excluding steroid dienone is 2. The molecule has 3 N–H and O–H groups in total. The van der Waals surface area contributed by atoms with Crippen LogP contribution in [0.15, 0.2) is 12.2 Å². The van der Waals surface area contributed by atoms with Crippen LogP contribution in [0.5, 0.6) is 0 Å². The van der Waals surface area contributed by atoms with Gasteiger partial charge in [0.2, 0.25) is 0 Å². The van der Waals surface area contributed by atoms with Crippen LogP contribution in [0.4, 0.5) is 0 Å². The average molecular weight is 886 g/mol. The van der Waals surface area contributed by atoms with E-state index in [-0.39, 0.29) is 32.3 Å². The van der Waals surface area contributed by atoms with Gasteiger partial charge in [0, 0.05) is 19.6 Å². The Labute approximate surface area is 379 Å². The van der Waals surface area contributed by atoms with E-state index in [9.17, 15) is 14.3 Å². The van der Waals surface area contributed by atoms with Gasteiger partial charge in [0.15, 0.2) is 0 Å². The van der Waals surface area contributed by atoms with Gasteiger partial charge < -0.3 is 20.1 Å². The fraction of sp³-hybridized carbons (Fsp3) is 0.942. The molecule has 0 aromatic heterocycles. The number of hydrogen-bond acceptors (Lipinski definition) is 7. The standard InChI is InChI=1S/C52H104NO7P/c1-3-5-7-9-11-13-15-17-19-21-22-23-24-25-26-27-28-29-31-33-35-37-39-41-43-45-52(54)60-51(50-59-61(55,56)58-48-46-53)49-57-47-44-42-40-38-36-34-32-30-20-18-16-14-12-10-8-6-4-2/h21-22,51H,3-20,23-50,53H2,1-2H3,(H,55,56)/b22-21-. The summed E-state index contributed by atoms with van der Waals surface area (Å²) in [5.74, 6) is -0.323. The van der Waals surface area contributed by atoms with Crippen molar-refractivity contribution in [3.8, 4) is 0 Å². The molecule has 0 heterocycles. The van der Waals surface area contributed by atoms with Crippen molar-refractivity contribution in [2.45, 2.75) is 283 Å². The van der Waals surface area contributed by atoms with Crippen LogP contribution in [-0.4, -0.2) is 49.9 Å². The maximum Gasteiger partial charge on any atom is 0.472 e. The molecule has 0 spiro atoms. The number of phosphoric ester groups is 1. The number of carbonyl (C=O) groups excluding carboxylic acids is 1. The van der Waals surface area contributed by atoms with Crippen LogP contribution in [0.25, 0.3) is 0 Å². The Bertz CT molecular complexity index is 951. The lowest BCUT2D eigenvalue weighted by molar-refractivity contribution is -0.154. The molecule has 0 aromatic rings. The van der Waals surface area contributed by atoms with Crippen molar-refractivity contribution in [3.63, 3.8) is 0 Å². The minimum Gasteiger partial charge on any atom is -0.457 e. The molecule has 0 rings (SSSR count). The Morgan fingerprint density at radius 2 is 0.820 bits per heavy atom. The minimum atomic E-state index is -4.28. The van der Waals surface area contributed by atoms with E-state index in [1.54, 1.807) is 0 Å². The predicted octanol–water partition coefficient (Wildman–Crippen LogP) is 16.6. The van der Waals surface area contributed by atoms with E-state index in [1.165, 1.54) is 225 Å². The van der Waals surface area contributed by atoms with Crippen LogP contribution in [0.1, 0.15) is 277 Å². The third-order valence-corrected chi connectivity index (χ3v) is 12.9. The van der Waals surface area contributed by atoms with Crippen LogP contribution in [0.3, 0.4) is 0 Å². The third kappa shape index (κ3) is 50.1. The summed E-state index contributed by atoms with van der Waals surface area (Å²) in [5.41, 5.74) is 5.39. The summed E-state index contributed by atoms with van der Waals surface area (Å²) < 4.78 is 33.6. The first-order valence-corrected chi connectivity index (χ1v) is 28.2. The minimum absolute atomic E-state index is 0.0913. The summed E-state index contributed by atoms with van der Waals surface area (Å²) in [7, 11) is -4.28. The molecule has 2 atom stereocenters. The normalized spacial score (nSPS) is 13.3. The molecule has 364 valence electrons. The molecule has 61 heavy (non-hydrogen) atoms. The van der Waals surface area contributed by atoms with E-state index in [0.717, 1.165) is 32.1 Å². The highest BCUT2D eigenvalue weighted by Crippen LogP contribution is 2.43. The number of esters is 1. The van der Waals surface area contributed by atoms with Gasteiger partial charge in [-0.2, -0.15) is 0 Å². The van der Waals surface area contributed by atoms with Crippen molar-refractivity contribution in [2.75, 3.05) is 33.0 Å². The van der Waals surface area contributed by atoms with E-state index in [1.807, 2.05) is 0 Å². The summed E-state index contributed by atoms with van der Waals surface area (Å²) in [6.45, 7) is 5.00. The predicted molar refractivity (Wildman–Crippen MR) is 261 cm³/mol. The van der Waals surface area contributed by atoms with E-state index in [4.69, 9.17) is 24.3 Å². The number of carbonyl (C=O) groups is 1. The molecule has 0 bridgehead atoms. The Balaban J connectivity index is 3.86. The van der Waals surface area contributed by atoms with E-state index < -0.39 is 13.9 Å². The van der Waals surface area contributed by atoms with Crippen LogP contribution in [-0.2, 0) is 27.9 Å². The van der Waals surface area contributed by atoms with Gasteiger partial charge in [0.25, 0.3) is 0 Å². The lowest BCUT2D eigenvalue weighted by atomic mass is 10.0. The second kappa shape index (κ2) is 50.2. The van der Waals surface area contributed by atoms with E-state index in [0.29, 0.717) is 13.0 Å². The second-order valence-corrected chi connectivity index (χ2v) is 19.6. The van der Waals surface area contributed by atoms with Crippen molar-refractivity contribution in [3.05, 3.63) is 12.2 Å². The zero-order valence-electron chi connectivity index (χ0n) is 40.7. The molecule has 9 heteroatoms. The molecule has 0 aliphatic carbocycles. The smallest absolute Gasteiger partial charge is 0.457 e. The fourth-order valence-electron chi connectivity index (χ4n) is 8.00. The highest BCUT2D eigenvalue weighted by atomic mass is 31.2. The quantitative estimate of drug-likeness (QED) is 0.0268.